The van der Waals surface area contributed by atoms with Crippen molar-refractivity contribution in [3.05, 3.63) is 35.7 Å². The third kappa shape index (κ3) is 3.70. The minimum atomic E-state index is -3.07. The van der Waals surface area contributed by atoms with Gasteiger partial charge in [-0.05, 0) is 30.5 Å². The highest BCUT2D eigenvalue weighted by Crippen LogP contribution is 2.32. The number of hydrogen-bond donors (Lipinski definition) is 0. The number of anilines is 1. The topological polar surface area (TPSA) is 75.6 Å². The number of piperazine rings is 1. The van der Waals surface area contributed by atoms with E-state index in [0.717, 1.165) is 35.1 Å². The van der Waals surface area contributed by atoms with Gasteiger partial charge in [-0.25, -0.2) is 13.4 Å². The third-order valence-electron chi connectivity index (χ3n) is 4.77. The van der Waals surface area contributed by atoms with Crippen LogP contribution in [0.1, 0.15) is 24.2 Å². The van der Waals surface area contributed by atoms with E-state index >= 15 is 0 Å². The van der Waals surface area contributed by atoms with Crippen LogP contribution in [0, 0.1) is 0 Å². The largest absolute Gasteiger partial charge is 0.497 e. The Morgan fingerprint density at radius 1 is 1.23 bits per heavy atom. The average Bonchev–Trinajstić information content (AvgIpc) is 3.43. The van der Waals surface area contributed by atoms with Gasteiger partial charge in [0.25, 0.3) is 0 Å². The number of aromatic nitrogens is 2. The molecule has 140 valence electrons. The van der Waals surface area contributed by atoms with E-state index in [9.17, 15) is 8.42 Å². The molecule has 0 radical (unpaired) electrons. The Balaban J connectivity index is 1.38. The summed E-state index contributed by atoms with van der Waals surface area (Å²) in [6.45, 7) is 2.40. The van der Waals surface area contributed by atoms with Crippen LogP contribution in [0.15, 0.2) is 24.3 Å². The Hall–Kier alpha value is -1.71. The van der Waals surface area contributed by atoms with Gasteiger partial charge in [0.2, 0.25) is 15.2 Å². The van der Waals surface area contributed by atoms with Gasteiger partial charge < -0.3 is 9.64 Å². The third-order valence-corrected chi connectivity index (χ3v) is 7.98. The Bertz CT molecular complexity index is 872. The zero-order chi connectivity index (χ0) is 18.1. The van der Waals surface area contributed by atoms with Crippen molar-refractivity contribution in [2.45, 2.75) is 24.5 Å². The van der Waals surface area contributed by atoms with Crippen molar-refractivity contribution in [1.29, 1.82) is 0 Å². The van der Waals surface area contributed by atoms with Crippen LogP contribution < -0.4 is 9.64 Å². The van der Waals surface area contributed by atoms with E-state index in [4.69, 9.17) is 4.74 Å². The first-order valence-corrected chi connectivity index (χ1v) is 11.0. The van der Waals surface area contributed by atoms with Crippen LogP contribution in [0.4, 0.5) is 5.13 Å². The molecule has 1 aromatic heterocycles. The molecule has 0 unspecified atom stereocenters. The fourth-order valence-corrected chi connectivity index (χ4v) is 5.68. The van der Waals surface area contributed by atoms with Crippen LogP contribution in [0.3, 0.4) is 0 Å². The monoisotopic (exact) mass is 394 g/mol. The molecule has 26 heavy (non-hydrogen) atoms. The van der Waals surface area contributed by atoms with E-state index in [2.05, 4.69) is 14.3 Å². The standard InChI is InChI=1S/C17H22N4O3S2/c1-24-14-4-2-3-13(11-14)12-16-18-17(25-19-16)20-7-9-21(10-8-20)26(22,23)15-5-6-15/h2-4,11,15H,5-10,12H2,1H3. The van der Waals surface area contributed by atoms with Gasteiger partial charge in [-0.2, -0.15) is 8.68 Å². The van der Waals surface area contributed by atoms with Gasteiger partial charge in [0, 0.05) is 44.1 Å². The second kappa shape index (κ2) is 7.13. The fourth-order valence-electron chi connectivity index (χ4n) is 3.12. The molecule has 4 rings (SSSR count). The number of hydrogen-bond acceptors (Lipinski definition) is 7. The lowest BCUT2D eigenvalue weighted by Gasteiger charge is -2.33. The van der Waals surface area contributed by atoms with Gasteiger partial charge in [0.15, 0.2) is 0 Å². The molecular formula is C17H22N4O3S2. The molecule has 2 aromatic rings. The molecule has 1 saturated carbocycles. The Morgan fingerprint density at radius 2 is 2.00 bits per heavy atom. The van der Waals surface area contributed by atoms with E-state index in [1.165, 1.54) is 11.5 Å². The summed E-state index contributed by atoms with van der Waals surface area (Å²) in [5, 5.41) is 0.733. The highest BCUT2D eigenvalue weighted by atomic mass is 32.2. The van der Waals surface area contributed by atoms with E-state index in [-0.39, 0.29) is 5.25 Å². The van der Waals surface area contributed by atoms with Crippen molar-refractivity contribution in [2.75, 3.05) is 38.2 Å². The predicted octanol–water partition coefficient (Wildman–Crippen LogP) is 1.75. The lowest BCUT2D eigenvalue weighted by Crippen LogP contribution is -2.49. The fraction of sp³-hybridized carbons (Fsp3) is 0.529. The highest BCUT2D eigenvalue weighted by molar-refractivity contribution is 7.90. The molecule has 1 aromatic carbocycles. The average molecular weight is 395 g/mol. The van der Waals surface area contributed by atoms with Crippen molar-refractivity contribution in [1.82, 2.24) is 13.7 Å². The van der Waals surface area contributed by atoms with E-state index in [0.29, 0.717) is 32.6 Å². The van der Waals surface area contributed by atoms with Gasteiger partial charge >= 0.3 is 0 Å². The molecule has 0 bridgehead atoms. The lowest BCUT2D eigenvalue weighted by molar-refractivity contribution is 0.384. The molecule has 0 spiro atoms. The van der Waals surface area contributed by atoms with Crippen LogP contribution in [-0.4, -0.2) is 60.6 Å². The minimum absolute atomic E-state index is 0.134. The maximum absolute atomic E-state index is 12.3. The molecule has 1 aliphatic carbocycles. The van der Waals surface area contributed by atoms with Crippen LogP contribution >= 0.6 is 11.5 Å². The molecule has 7 nitrogen and oxygen atoms in total. The van der Waals surface area contributed by atoms with Crippen molar-refractivity contribution < 1.29 is 13.2 Å². The summed E-state index contributed by atoms with van der Waals surface area (Å²) in [6, 6.07) is 7.90. The molecule has 2 heterocycles. The van der Waals surface area contributed by atoms with Crippen molar-refractivity contribution >= 4 is 26.7 Å². The normalized spacial score (nSPS) is 18.9. The Labute approximate surface area is 157 Å². The van der Waals surface area contributed by atoms with E-state index < -0.39 is 10.0 Å². The highest BCUT2D eigenvalue weighted by Gasteiger charge is 2.41. The number of methoxy groups -OCH3 is 1. The lowest BCUT2D eigenvalue weighted by atomic mass is 10.1. The summed E-state index contributed by atoms with van der Waals surface area (Å²) in [5.41, 5.74) is 1.11. The summed E-state index contributed by atoms with van der Waals surface area (Å²) < 4.78 is 36.0. The Morgan fingerprint density at radius 3 is 2.69 bits per heavy atom. The molecular weight excluding hydrogens is 372 g/mol. The van der Waals surface area contributed by atoms with E-state index in [1.807, 2.05) is 24.3 Å². The van der Waals surface area contributed by atoms with Crippen molar-refractivity contribution in [2.24, 2.45) is 0 Å². The van der Waals surface area contributed by atoms with Crippen molar-refractivity contribution in [3.63, 3.8) is 0 Å². The Kier molecular flexibility index (Phi) is 4.85. The number of benzene rings is 1. The van der Waals surface area contributed by atoms with Crippen molar-refractivity contribution in [3.8, 4) is 5.75 Å². The molecule has 0 atom stereocenters. The maximum atomic E-state index is 12.3. The minimum Gasteiger partial charge on any atom is -0.497 e. The number of ether oxygens (including phenoxy) is 1. The van der Waals surface area contributed by atoms with Crippen LogP contribution in [0.2, 0.25) is 0 Å². The van der Waals surface area contributed by atoms with Gasteiger partial charge in [0.1, 0.15) is 11.6 Å². The molecule has 2 aliphatic rings. The second-order valence-electron chi connectivity index (χ2n) is 6.65. The quantitative estimate of drug-likeness (QED) is 0.743. The molecule has 9 heteroatoms. The summed E-state index contributed by atoms with van der Waals surface area (Å²) in [7, 11) is -1.42. The SMILES string of the molecule is COc1cccc(Cc2nsc(N3CCN(S(=O)(=O)C4CC4)CC3)n2)c1. The number of rotatable bonds is 6. The first kappa shape index (κ1) is 17.7. The number of sulfonamides is 1. The van der Waals surface area contributed by atoms with Gasteiger partial charge in [-0.15, -0.1) is 0 Å². The number of nitrogens with zero attached hydrogens (tertiary/aromatic N) is 4. The smallest absolute Gasteiger partial charge is 0.217 e. The first-order chi connectivity index (χ1) is 12.6. The molecule has 0 amide bonds. The molecule has 1 aliphatic heterocycles. The van der Waals surface area contributed by atoms with Crippen LogP contribution in [0.5, 0.6) is 5.75 Å². The summed E-state index contributed by atoms with van der Waals surface area (Å²) in [6.07, 6.45) is 2.28. The first-order valence-electron chi connectivity index (χ1n) is 8.75. The van der Waals surface area contributed by atoms with Crippen LogP contribution in [0.25, 0.3) is 0 Å². The summed E-state index contributed by atoms with van der Waals surface area (Å²) >= 11 is 1.38. The second-order valence-corrected chi connectivity index (χ2v) is 9.60. The maximum Gasteiger partial charge on any atom is 0.217 e. The summed E-state index contributed by atoms with van der Waals surface area (Å²) in [5.74, 6) is 1.61. The van der Waals surface area contributed by atoms with Gasteiger partial charge in [-0.1, -0.05) is 12.1 Å². The summed E-state index contributed by atoms with van der Waals surface area (Å²) in [4.78, 5) is 6.77. The zero-order valence-corrected chi connectivity index (χ0v) is 16.3. The van der Waals surface area contributed by atoms with Crippen LogP contribution in [-0.2, 0) is 16.4 Å². The zero-order valence-electron chi connectivity index (χ0n) is 14.7. The van der Waals surface area contributed by atoms with E-state index in [1.54, 1.807) is 11.4 Å². The molecule has 1 saturated heterocycles. The van der Waals surface area contributed by atoms with Gasteiger partial charge in [-0.3, -0.25) is 0 Å². The predicted molar refractivity (Wildman–Crippen MR) is 101 cm³/mol. The molecule has 2 fully saturated rings. The molecule has 0 N–H and O–H groups in total. The van der Waals surface area contributed by atoms with Gasteiger partial charge in [0.05, 0.1) is 12.4 Å².